The zero-order chi connectivity index (χ0) is 13.3. The number of pyridine rings is 1. The van der Waals surface area contributed by atoms with E-state index in [9.17, 15) is 0 Å². The third kappa shape index (κ3) is 1.27. The maximum Gasteiger partial charge on any atom is 0.139 e. The average Bonchev–Trinajstić information content (AvgIpc) is 3.19. The summed E-state index contributed by atoms with van der Waals surface area (Å²) in [6, 6.07) is 2.79. The fraction of sp³-hybridized carbons (Fsp3) is 0.500. The number of H-pyrrole nitrogens is 1. The van der Waals surface area contributed by atoms with E-state index in [0.717, 1.165) is 28.8 Å². The number of fused-ring (bicyclic) bond motifs is 5. The van der Waals surface area contributed by atoms with E-state index >= 15 is 0 Å². The molecule has 5 rings (SSSR count). The van der Waals surface area contributed by atoms with Crippen molar-refractivity contribution in [2.75, 3.05) is 0 Å². The van der Waals surface area contributed by atoms with Gasteiger partial charge in [-0.25, -0.2) is 9.97 Å². The molecule has 2 saturated carbocycles. The fourth-order valence-corrected chi connectivity index (χ4v) is 4.64. The molecule has 0 aromatic carbocycles. The van der Waals surface area contributed by atoms with E-state index < -0.39 is 0 Å². The van der Waals surface area contributed by atoms with Gasteiger partial charge in [0, 0.05) is 17.6 Å². The third-order valence-electron chi connectivity index (χ3n) is 5.44. The number of rotatable bonds is 1. The van der Waals surface area contributed by atoms with E-state index in [-0.39, 0.29) is 0 Å². The number of aromatic amines is 1. The van der Waals surface area contributed by atoms with Crippen LogP contribution in [0.25, 0.3) is 22.1 Å². The molecule has 0 radical (unpaired) electrons. The van der Waals surface area contributed by atoms with Gasteiger partial charge in [0.2, 0.25) is 0 Å². The molecule has 3 heterocycles. The fourth-order valence-electron chi connectivity index (χ4n) is 4.64. The van der Waals surface area contributed by atoms with Gasteiger partial charge >= 0.3 is 0 Å². The average molecular weight is 266 g/mol. The molecule has 1 N–H and O–H groups in total. The summed E-state index contributed by atoms with van der Waals surface area (Å²) in [5.41, 5.74) is 3.30. The highest BCUT2D eigenvalue weighted by molar-refractivity contribution is 6.01. The predicted molar refractivity (Wildman–Crippen MR) is 78.6 cm³/mol. The van der Waals surface area contributed by atoms with E-state index in [2.05, 4.69) is 27.5 Å². The Morgan fingerprint density at radius 3 is 3.05 bits per heavy atom. The van der Waals surface area contributed by atoms with Gasteiger partial charge in [0.05, 0.1) is 11.7 Å². The molecule has 0 amide bonds. The molecule has 3 atom stereocenters. The first-order chi connectivity index (χ1) is 9.81. The first-order valence-electron chi connectivity index (χ1n) is 7.62. The van der Waals surface area contributed by atoms with Gasteiger partial charge in [-0.2, -0.15) is 0 Å². The Kier molecular flexibility index (Phi) is 1.97. The van der Waals surface area contributed by atoms with Crippen molar-refractivity contribution in [3.8, 4) is 0 Å². The number of aryl methyl sites for hydroxylation is 1. The smallest absolute Gasteiger partial charge is 0.139 e. The summed E-state index contributed by atoms with van der Waals surface area (Å²) in [6.07, 6.45) is 9.48. The molecule has 3 aromatic heterocycles. The molecular weight excluding hydrogens is 248 g/mol. The molecule has 3 aromatic rings. The van der Waals surface area contributed by atoms with E-state index in [1.54, 1.807) is 0 Å². The van der Waals surface area contributed by atoms with Gasteiger partial charge in [0.15, 0.2) is 0 Å². The van der Waals surface area contributed by atoms with Gasteiger partial charge in [-0.1, -0.05) is 6.42 Å². The largest absolute Gasteiger partial charge is 0.346 e. The van der Waals surface area contributed by atoms with Crippen LogP contribution >= 0.6 is 0 Å². The number of nitrogens with one attached hydrogen (secondary N) is 1. The lowest BCUT2D eigenvalue weighted by molar-refractivity contribution is 0.332. The molecule has 2 fully saturated rings. The highest BCUT2D eigenvalue weighted by Gasteiger charge is 2.41. The summed E-state index contributed by atoms with van der Waals surface area (Å²) in [7, 11) is 0. The summed E-state index contributed by atoms with van der Waals surface area (Å²) in [5.74, 6) is 2.96. The zero-order valence-electron chi connectivity index (χ0n) is 11.6. The molecule has 0 unspecified atom stereocenters. The van der Waals surface area contributed by atoms with Crippen molar-refractivity contribution in [1.29, 1.82) is 0 Å². The standard InChI is InChI=1S/C16H18N4/c1-9-19-13-8-18-16-12(4-5-17-16)15(13)20(9)14-7-10-2-3-11(14)6-10/h4-5,8,10-11,14H,2-3,6-7H2,1H3,(H,17,18)/t10-,11+,14-/m0/s1. The zero-order valence-corrected chi connectivity index (χ0v) is 11.6. The maximum absolute atomic E-state index is 4.76. The second-order valence-corrected chi connectivity index (χ2v) is 6.50. The SMILES string of the molecule is Cc1nc2cnc3[nH]ccc3c2n1[C@H]1C[C@H]2CC[C@@H]1C2. The van der Waals surface area contributed by atoms with E-state index in [4.69, 9.17) is 4.98 Å². The van der Waals surface area contributed by atoms with Crippen molar-refractivity contribution < 1.29 is 0 Å². The lowest BCUT2D eigenvalue weighted by Crippen LogP contribution is -2.17. The van der Waals surface area contributed by atoms with Crippen molar-refractivity contribution in [2.24, 2.45) is 11.8 Å². The molecule has 2 aliphatic rings. The Bertz CT molecular complexity index is 812. The summed E-state index contributed by atoms with van der Waals surface area (Å²) >= 11 is 0. The molecule has 0 aliphatic heterocycles. The minimum Gasteiger partial charge on any atom is -0.346 e. The van der Waals surface area contributed by atoms with Gasteiger partial charge in [-0.15, -0.1) is 0 Å². The van der Waals surface area contributed by atoms with Crippen LogP contribution in [-0.2, 0) is 0 Å². The highest BCUT2D eigenvalue weighted by Crippen LogP contribution is 2.51. The van der Waals surface area contributed by atoms with Crippen LogP contribution in [0.2, 0.25) is 0 Å². The van der Waals surface area contributed by atoms with Crippen molar-refractivity contribution in [2.45, 2.75) is 38.6 Å². The Hall–Kier alpha value is -1.84. The third-order valence-corrected chi connectivity index (χ3v) is 5.44. The van der Waals surface area contributed by atoms with Crippen LogP contribution in [0.4, 0.5) is 0 Å². The predicted octanol–water partition coefficient (Wildman–Crippen LogP) is 3.58. The Morgan fingerprint density at radius 2 is 2.25 bits per heavy atom. The van der Waals surface area contributed by atoms with Crippen LogP contribution in [0, 0.1) is 18.8 Å². The highest BCUT2D eigenvalue weighted by atomic mass is 15.1. The lowest BCUT2D eigenvalue weighted by atomic mass is 9.95. The van der Waals surface area contributed by atoms with E-state index in [1.807, 2.05) is 12.4 Å². The summed E-state index contributed by atoms with van der Waals surface area (Å²) in [5, 5.41) is 1.21. The van der Waals surface area contributed by atoms with Crippen molar-refractivity contribution in [3.05, 3.63) is 24.3 Å². The van der Waals surface area contributed by atoms with Crippen LogP contribution in [0.5, 0.6) is 0 Å². The van der Waals surface area contributed by atoms with E-state index in [1.165, 1.54) is 36.6 Å². The minimum absolute atomic E-state index is 0.652. The van der Waals surface area contributed by atoms with Crippen LogP contribution < -0.4 is 0 Å². The Labute approximate surface area is 117 Å². The van der Waals surface area contributed by atoms with Crippen molar-refractivity contribution in [3.63, 3.8) is 0 Å². The summed E-state index contributed by atoms with van der Waals surface area (Å²) < 4.78 is 2.51. The maximum atomic E-state index is 4.76. The van der Waals surface area contributed by atoms with Crippen LogP contribution in [0.3, 0.4) is 0 Å². The Morgan fingerprint density at radius 1 is 1.30 bits per heavy atom. The van der Waals surface area contributed by atoms with E-state index in [0.29, 0.717) is 6.04 Å². The van der Waals surface area contributed by atoms with Crippen LogP contribution in [0.1, 0.15) is 37.5 Å². The molecular formula is C16H18N4. The van der Waals surface area contributed by atoms with Crippen molar-refractivity contribution >= 4 is 22.1 Å². The van der Waals surface area contributed by atoms with Crippen LogP contribution in [0.15, 0.2) is 18.5 Å². The molecule has 102 valence electrons. The second-order valence-electron chi connectivity index (χ2n) is 6.50. The first-order valence-corrected chi connectivity index (χ1v) is 7.62. The minimum atomic E-state index is 0.652. The normalized spacial score (nSPS) is 28.9. The number of nitrogens with zero attached hydrogens (tertiary/aromatic N) is 3. The summed E-state index contributed by atoms with van der Waals surface area (Å²) in [6.45, 7) is 2.14. The molecule has 0 saturated heterocycles. The molecule has 0 spiro atoms. The molecule has 20 heavy (non-hydrogen) atoms. The Balaban J connectivity index is 1.82. The molecule has 4 nitrogen and oxygen atoms in total. The van der Waals surface area contributed by atoms with Gasteiger partial charge in [-0.3, -0.25) is 0 Å². The topological polar surface area (TPSA) is 46.5 Å². The molecule has 2 aliphatic carbocycles. The summed E-state index contributed by atoms with van der Waals surface area (Å²) in [4.78, 5) is 12.4. The number of hydrogen-bond donors (Lipinski definition) is 1. The molecule has 4 heteroatoms. The first kappa shape index (κ1) is 10.9. The van der Waals surface area contributed by atoms with Gasteiger partial charge in [0.25, 0.3) is 0 Å². The second kappa shape index (κ2) is 3.62. The quantitative estimate of drug-likeness (QED) is 0.731. The van der Waals surface area contributed by atoms with Gasteiger partial charge in [0.1, 0.15) is 17.0 Å². The van der Waals surface area contributed by atoms with Crippen LogP contribution in [-0.4, -0.2) is 19.5 Å². The number of imidazole rings is 1. The lowest BCUT2D eigenvalue weighted by Gasteiger charge is -2.25. The van der Waals surface area contributed by atoms with Crippen molar-refractivity contribution in [1.82, 2.24) is 19.5 Å². The monoisotopic (exact) mass is 266 g/mol. The number of aromatic nitrogens is 4. The molecule has 2 bridgehead atoms. The number of hydrogen-bond acceptors (Lipinski definition) is 2. The van der Waals surface area contributed by atoms with Gasteiger partial charge in [-0.05, 0) is 44.1 Å². The van der Waals surface area contributed by atoms with Gasteiger partial charge < -0.3 is 9.55 Å².